The van der Waals surface area contributed by atoms with Crippen LogP contribution in [0.5, 0.6) is 0 Å². The van der Waals surface area contributed by atoms with E-state index in [1.807, 2.05) is 0 Å². The Hall–Kier alpha value is -1.63. The Morgan fingerprint density at radius 1 is 1.11 bits per heavy atom. The number of ether oxygens (including phenoxy) is 1. The van der Waals surface area contributed by atoms with Crippen LogP contribution in [0, 0.1) is 5.82 Å². The summed E-state index contributed by atoms with van der Waals surface area (Å²) in [6.07, 6.45) is -0.815. The molecule has 144 valence electrons. The number of carbonyl (C=O) groups excluding carboxylic acids is 2. The molecule has 0 aromatic heterocycles. The molecule has 0 saturated heterocycles. The average Bonchev–Trinajstić information content (AvgIpc) is 2.53. The van der Waals surface area contributed by atoms with Gasteiger partial charge in [-0.15, -0.1) is 0 Å². The van der Waals surface area contributed by atoms with Crippen molar-refractivity contribution in [2.24, 2.45) is 0 Å². The van der Waals surface area contributed by atoms with E-state index in [2.05, 4.69) is 21.2 Å². The van der Waals surface area contributed by atoms with Crippen LogP contribution in [-0.4, -0.2) is 17.5 Å². The van der Waals surface area contributed by atoms with Gasteiger partial charge in [-0.1, -0.05) is 45.2 Å². The lowest BCUT2D eigenvalue weighted by molar-refractivity contribution is 0.0490. The van der Waals surface area contributed by atoms with Gasteiger partial charge in [0.05, 0.1) is 15.6 Å². The Labute approximate surface area is 175 Å². The first-order chi connectivity index (χ1) is 12.5. The Bertz CT molecular complexity index is 884. The zero-order valence-electron chi connectivity index (χ0n) is 14.8. The molecule has 1 unspecified atom stereocenters. The summed E-state index contributed by atoms with van der Waals surface area (Å²) in [4.78, 5) is 25.2. The van der Waals surface area contributed by atoms with Gasteiger partial charge in [0.2, 0.25) is 0 Å². The molecule has 8 heteroatoms. The first-order valence-electron chi connectivity index (χ1n) is 7.91. The predicted molar refractivity (Wildman–Crippen MR) is 107 cm³/mol. The SMILES string of the molecule is CC(C)(C)OC(=O)NC(C(=O)c1ccc(Br)cc1F)c1ccc(Cl)c(Cl)c1. The molecule has 4 nitrogen and oxygen atoms in total. The molecule has 0 bridgehead atoms. The minimum Gasteiger partial charge on any atom is -0.444 e. The van der Waals surface area contributed by atoms with Crippen molar-refractivity contribution in [3.63, 3.8) is 0 Å². The van der Waals surface area contributed by atoms with Crippen LogP contribution in [0.2, 0.25) is 10.0 Å². The summed E-state index contributed by atoms with van der Waals surface area (Å²) in [5.74, 6) is -1.37. The second-order valence-corrected chi connectivity index (χ2v) is 8.47. The van der Waals surface area contributed by atoms with Crippen LogP contribution >= 0.6 is 39.1 Å². The minimum atomic E-state index is -1.20. The Morgan fingerprint density at radius 2 is 1.78 bits per heavy atom. The van der Waals surface area contributed by atoms with Gasteiger partial charge >= 0.3 is 6.09 Å². The van der Waals surface area contributed by atoms with Gasteiger partial charge in [-0.2, -0.15) is 0 Å². The molecule has 2 aromatic carbocycles. The molecule has 0 aliphatic rings. The van der Waals surface area contributed by atoms with Gasteiger partial charge in [0.1, 0.15) is 17.5 Å². The number of hydrogen-bond acceptors (Lipinski definition) is 3. The molecule has 0 heterocycles. The maximum Gasteiger partial charge on any atom is 0.408 e. The van der Waals surface area contributed by atoms with Crippen LogP contribution in [0.15, 0.2) is 40.9 Å². The molecular formula is C19H17BrCl2FNO3. The van der Waals surface area contributed by atoms with E-state index in [4.69, 9.17) is 27.9 Å². The van der Waals surface area contributed by atoms with Crippen molar-refractivity contribution in [3.8, 4) is 0 Å². The van der Waals surface area contributed by atoms with E-state index in [1.165, 1.54) is 36.4 Å². The maximum atomic E-state index is 14.3. The number of ketones is 1. The van der Waals surface area contributed by atoms with E-state index in [-0.39, 0.29) is 10.6 Å². The summed E-state index contributed by atoms with van der Waals surface area (Å²) in [6.45, 7) is 5.07. The Balaban J connectivity index is 2.43. The van der Waals surface area contributed by atoms with Gasteiger partial charge in [-0.05, 0) is 56.7 Å². The standard InChI is InChI=1S/C19H17BrCl2FNO3/c1-19(2,3)27-18(26)24-16(10-4-7-13(21)14(22)8-10)17(25)12-6-5-11(20)9-15(12)23/h4-9,16H,1-3H3,(H,24,26). The highest BCUT2D eigenvalue weighted by Gasteiger charge is 2.29. The van der Waals surface area contributed by atoms with Crippen LogP contribution in [0.25, 0.3) is 0 Å². The summed E-state index contributed by atoms with van der Waals surface area (Å²) in [5.41, 5.74) is -0.592. The van der Waals surface area contributed by atoms with Crippen molar-refractivity contribution in [2.45, 2.75) is 32.4 Å². The lowest BCUT2D eigenvalue weighted by Crippen LogP contribution is -2.38. The fourth-order valence-corrected chi connectivity index (χ4v) is 2.90. The van der Waals surface area contributed by atoms with Crippen molar-refractivity contribution in [1.29, 1.82) is 0 Å². The van der Waals surface area contributed by atoms with Gasteiger partial charge in [-0.25, -0.2) is 9.18 Å². The molecule has 0 aliphatic heterocycles. The summed E-state index contributed by atoms with van der Waals surface area (Å²) in [5, 5.41) is 2.98. The van der Waals surface area contributed by atoms with Crippen molar-refractivity contribution in [2.75, 3.05) is 0 Å². The first kappa shape index (κ1) is 21.7. The number of Topliss-reactive ketones (excluding diaryl/α,β-unsaturated/α-hetero) is 1. The molecule has 2 aromatic rings. The van der Waals surface area contributed by atoms with E-state index < -0.39 is 29.3 Å². The van der Waals surface area contributed by atoms with Gasteiger partial charge < -0.3 is 10.1 Å². The predicted octanol–water partition coefficient (Wildman–Crippen LogP) is 6.34. The molecule has 0 spiro atoms. The number of amides is 1. The summed E-state index contributed by atoms with van der Waals surface area (Å²) in [7, 11) is 0. The number of rotatable bonds is 4. The topological polar surface area (TPSA) is 55.4 Å². The molecule has 27 heavy (non-hydrogen) atoms. The van der Waals surface area contributed by atoms with E-state index >= 15 is 0 Å². The van der Waals surface area contributed by atoms with Crippen LogP contribution in [0.4, 0.5) is 9.18 Å². The highest BCUT2D eigenvalue weighted by atomic mass is 79.9. The van der Waals surface area contributed by atoms with E-state index in [0.717, 1.165) is 0 Å². The average molecular weight is 477 g/mol. The molecule has 1 N–H and O–H groups in total. The number of hydrogen-bond donors (Lipinski definition) is 1. The molecule has 0 saturated carbocycles. The number of nitrogens with one attached hydrogen (secondary N) is 1. The lowest BCUT2D eigenvalue weighted by atomic mass is 9.97. The number of benzene rings is 2. The monoisotopic (exact) mass is 475 g/mol. The third-order valence-electron chi connectivity index (χ3n) is 3.40. The van der Waals surface area contributed by atoms with Gasteiger partial charge in [0.15, 0.2) is 5.78 Å². The number of halogens is 4. The third kappa shape index (κ3) is 5.92. The first-order valence-corrected chi connectivity index (χ1v) is 9.46. The van der Waals surface area contributed by atoms with Crippen LogP contribution in [0.1, 0.15) is 42.7 Å². The second-order valence-electron chi connectivity index (χ2n) is 6.74. The zero-order valence-corrected chi connectivity index (χ0v) is 17.9. The fourth-order valence-electron chi connectivity index (χ4n) is 2.26. The van der Waals surface area contributed by atoms with Crippen molar-refractivity contribution < 1.29 is 18.7 Å². The zero-order chi connectivity index (χ0) is 20.4. The van der Waals surface area contributed by atoms with Crippen LogP contribution in [0.3, 0.4) is 0 Å². The fraction of sp³-hybridized carbons (Fsp3) is 0.263. The van der Waals surface area contributed by atoms with Crippen LogP contribution < -0.4 is 5.32 Å². The highest BCUT2D eigenvalue weighted by Crippen LogP contribution is 2.29. The minimum absolute atomic E-state index is 0.176. The van der Waals surface area contributed by atoms with Crippen molar-refractivity contribution >= 4 is 51.0 Å². The molecule has 2 rings (SSSR count). The summed E-state index contributed by atoms with van der Waals surface area (Å²) < 4.78 is 20.0. The maximum absolute atomic E-state index is 14.3. The van der Waals surface area contributed by atoms with Gasteiger partial charge in [0.25, 0.3) is 0 Å². The quantitative estimate of drug-likeness (QED) is 0.523. The highest BCUT2D eigenvalue weighted by molar-refractivity contribution is 9.10. The Morgan fingerprint density at radius 3 is 2.33 bits per heavy atom. The van der Waals surface area contributed by atoms with Crippen molar-refractivity contribution in [3.05, 3.63) is 67.9 Å². The molecule has 1 amide bonds. The second kappa shape index (κ2) is 8.59. The normalized spacial score (nSPS) is 12.4. The molecule has 0 aliphatic carbocycles. The third-order valence-corrected chi connectivity index (χ3v) is 4.63. The van der Waals surface area contributed by atoms with Crippen molar-refractivity contribution in [1.82, 2.24) is 5.32 Å². The smallest absolute Gasteiger partial charge is 0.408 e. The van der Waals surface area contributed by atoms with Gasteiger partial charge in [0, 0.05) is 4.47 Å². The summed E-state index contributed by atoms with van der Waals surface area (Å²) in [6, 6.07) is 7.32. The Kier molecular flexibility index (Phi) is 6.89. The van der Waals surface area contributed by atoms with E-state index in [0.29, 0.717) is 15.1 Å². The van der Waals surface area contributed by atoms with E-state index in [1.54, 1.807) is 20.8 Å². The molecular weight excluding hydrogens is 460 g/mol. The molecule has 1 atom stereocenters. The van der Waals surface area contributed by atoms with Gasteiger partial charge in [-0.3, -0.25) is 4.79 Å². The number of carbonyl (C=O) groups is 2. The molecule has 0 radical (unpaired) electrons. The lowest BCUT2D eigenvalue weighted by Gasteiger charge is -2.23. The van der Waals surface area contributed by atoms with Crippen LogP contribution in [-0.2, 0) is 4.74 Å². The number of alkyl carbamates (subject to hydrolysis) is 1. The largest absolute Gasteiger partial charge is 0.444 e. The molecule has 0 fully saturated rings. The van der Waals surface area contributed by atoms with E-state index in [9.17, 15) is 14.0 Å². The summed E-state index contributed by atoms with van der Waals surface area (Å²) >= 11 is 15.1.